The highest BCUT2D eigenvalue weighted by Crippen LogP contribution is 2.32. The zero-order valence-electron chi connectivity index (χ0n) is 10.1. The highest BCUT2D eigenvalue weighted by atomic mass is 35.5. The van der Waals surface area contributed by atoms with Gasteiger partial charge in [-0.1, -0.05) is 29.3 Å². The number of rotatable bonds is 2. The summed E-state index contributed by atoms with van der Waals surface area (Å²) >= 11 is 6.03. The van der Waals surface area contributed by atoms with Crippen molar-refractivity contribution in [3.05, 3.63) is 58.1 Å². The van der Waals surface area contributed by atoms with E-state index in [1.54, 1.807) is 0 Å². The summed E-state index contributed by atoms with van der Waals surface area (Å²) in [5.41, 5.74) is 1.61. The molecule has 4 heteroatoms. The van der Waals surface area contributed by atoms with E-state index in [9.17, 15) is 0 Å². The van der Waals surface area contributed by atoms with Crippen molar-refractivity contribution in [3.8, 4) is 23.6 Å². The first-order valence-electron chi connectivity index (χ1n) is 5.52. The average molecular weight is 269 g/mol. The molecule has 0 unspecified atom stereocenters. The lowest BCUT2D eigenvalue weighted by atomic mass is 10.1. The van der Waals surface area contributed by atoms with Crippen molar-refractivity contribution in [2.75, 3.05) is 0 Å². The van der Waals surface area contributed by atoms with E-state index >= 15 is 0 Å². The maximum Gasteiger partial charge on any atom is 0.147 e. The van der Waals surface area contributed by atoms with Crippen LogP contribution in [0.25, 0.3) is 0 Å². The lowest BCUT2D eigenvalue weighted by Crippen LogP contribution is -1.90. The van der Waals surface area contributed by atoms with Gasteiger partial charge in [0.2, 0.25) is 0 Å². The Kier molecular flexibility index (Phi) is 3.71. The fraction of sp³-hybridized carbons (Fsp3) is 0.0667. The molecule has 0 aromatic heterocycles. The van der Waals surface area contributed by atoms with Crippen LogP contribution in [0.3, 0.4) is 0 Å². The molecular weight excluding hydrogens is 260 g/mol. The van der Waals surface area contributed by atoms with E-state index in [0.717, 1.165) is 5.56 Å². The zero-order valence-corrected chi connectivity index (χ0v) is 10.9. The Morgan fingerprint density at radius 3 is 2.16 bits per heavy atom. The van der Waals surface area contributed by atoms with Crippen LogP contribution < -0.4 is 4.74 Å². The molecule has 3 nitrogen and oxygen atoms in total. The predicted molar refractivity (Wildman–Crippen MR) is 72.1 cm³/mol. The average Bonchev–Trinajstić information content (AvgIpc) is 2.43. The van der Waals surface area contributed by atoms with Crippen LogP contribution in [-0.2, 0) is 0 Å². The molecule has 0 radical (unpaired) electrons. The van der Waals surface area contributed by atoms with E-state index in [2.05, 4.69) is 0 Å². The fourth-order valence-corrected chi connectivity index (χ4v) is 1.75. The highest BCUT2D eigenvalue weighted by Gasteiger charge is 2.10. The number of nitriles is 2. The van der Waals surface area contributed by atoms with Crippen LogP contribution >= 0.6 is 11.6 Å². The molecule has 0 fully saturated rings. The van der Waals surface area contributed by atoms with Gasteiger partial charge in [-0.05, 0) is 25.1 Å². The van der Waals surface area contributed by atoms with Crippen molar-refractivity contribution in [2.45, 2.75) is 6.92 Å². The molecule has 2 aromatic carbocycles. The van der Waals surface area contributed by atoms with Crippen LogP contribution in [0.15, 0.2) is 36.4 Å². The molecule has 19 heavy (non-hydrogen) atoms. The van der Waals surface area contributed by atoms with Gasteiger partial charge < -0.3 is 4.74 Å². The summed E-state index contributed by atoms with van der Waals surface area (Å²) < 4.78 is 5.61. The quantitative estimate of drug-likeness (QED) is 0.821. The molecule has 0 amide bonds. The molecule has 0 atom stereocenters. The Morgan fingerprint density at radius 1 is 1.00 bits per heavy atom. The molecule has 0 spiro atoms. The smallest absolute Gasteiger partial charge is 0.147 e. The summed E-state index contributed by atoms with van der Waals surface area (Å²) in [6.07, 6.45) is 0. The molecule has 0 N–H and O–H groups in total. The first kappa shape index (κ1) is 13.0. The summed E-state index contributed by atoms with van der Waals surface area (Å²) in [7, 11) is 0. The van der Waals surface area contributed by atoms with Crippen molar-refractivity contribution < 1.29 is 4.74 Å². The molecular formula is C15H9ClN2O. The molecule has 2 aromatic rings. The Labute approximate surface area is 116 Å². The van der Waals surface area contributed by atoms with Gasteiger partial charge in [-0.2, -0.15) is 10.5 Å². The number of hydrogen-bond donors (Lipinski definition) is 0. The Bertz CT molecular complexity index is 694. The molecule has 0 saturated carbocycles. The first-order valence-corrected chi connectivity index (χ1v) is 5.90. The van der Waals surface area contributed by atoms with Gasteiger partial charge in [0.05, 0.1) is 16.1 Å². The third-order valence-corrected chi connectivity index (χ3v) is 2.86. The van der Waals surface area contributed by atoms with Gasteiger partial charge in [0.25, 0.3) is 0 Å². The van der Waals surface area contributed by atoms with Crippen LogP contribution in [0.2, 0.25) is 5.02 Å². The third-order valence-electron chi connectivity index (χ3n) is 2.56. The van der Waals surface area contributed by atoms with Crippen molar-refractivity contribution in [1.29, 1.82) is 10.5 Å². The highest BCUT2D eigenvalue weighted by molar-refractivity contribution is 6.32. The number of nitrogens with zero attached hydrogens (tertiary/aromatic N) is 2. The van der Waals surface area contributed by atoms with E-state index in [0.29, 0.717) is 16.5 Å². The number of aryl methyl sites for hydroxylation is 1. The Morgan fingerprint density at radius 2 is 1.58 bits per heavy atom. The largest absolute Gasteiger partial charge is 0.456 e. The minimum absolute atomic E-state index is 0.240. The second kappa shape index (κ2) is 5.44. The molecule has 0 aliphatic carbocycles. The van der Waals surface area contributed by atoms with E-state index in [1.807, 2.05) is 43.3 Å². The Hall–Kier alpha value is -2.49. The molecule has 0 heterocycles. The zero-order chi connectivity index (χ0) is 13.8. The summed E-state index contributed by atoms with van der Waals surface area (Å²) in [5, 5.41) is 18.2. The maximum atomic E-state index is 8.97. The van der Waals surface area contributed by atoms with Crippen molar-refractivity contribution in [3.63, 3.8) is 0 Å². The van der Waals surface area contributed by atoms with Gasteiger partial charge >= 0.3 is 0 Å². The molecule has 92 valence electrons. The molecule has 0 aliphatic rings. The molecule has 0 aliphatic heterocycles. The fourth-order valence-electron chi connectivity index (χ4n) is 1.55. The monoisotopic (exact) mass is 268 g/mol. The van der Waals surface area contributed by atoms with Crippen LogP contribution in [0.4, 0.5) is 0 Å². The standard InChI is InChI=1S/C15H9ClN2O/c1-10-2-4-13(5-3-10)19-15-7-12(9-18)11(8-17)6-14(15)16/h2-7H,1H3. The van der Waals surface area contributed by atoms with Gasteiger partial charge in [-0.25, -0.2) is 0 Å². The van der Waals surface area contributed by atoms with E-state index in [1.165, 1.54) is 12.1 Å². The van der Waals surface area contributed by atoms with Gasteiger partial charge in [0, 0.05) is 6.07 Å². The van der Waals surface area contributed by atoms with E-state index < -0.39 is 0 Å². The van der Waals surface area contributed by atoms with Crippen molar-refractivity contribution in [2.24, 2.45) is 0 Å². The second-order valence-corrected chi connectivity index (χ2v) is 4.37. The lowest BCUT2D eigenvalue weighted by Gasteiger charge is -2.08. The predicted octanol–water partition coefficient (Wildman–Crippen LogP) is 4.18. The molecule has 0 saturated heterocycles. The lowest BCUT2D eigenvalue weighted by molar-refractivity contribution is 0.482. The van der Waals surface area contributed by atoms with E-state index in [4.69, 9.17) is 26.9 Å². The maximum absolute atomic E-state index is 8.97. The molecule has 2 rings (SSSR count). The summed E-state index contributed by atoms with van der Waals surface area (Å²) in [6.45, 7) is 1.98. The summed E-state index contributed by atoms with van der Waals surface area (Å²) in [4.78, 5) is 0. The topological polar surface area (TPSA) is 56.8 Å². The van der Waals surface area contributed by atoms with E-state index in [-0.39, 0.29) is 11.1 Å². The summed E-state index contributed by atoms with van der Waals surface area (Å²) in [6, 6.07) is 14.2. The normalized spacial score (nSPS) is 9.47. The van der Waals surface area contributed by atoms with Gasteiger partial charge in [-0.15, -0.1) is 0 Å². The molecule has 0 bridgehead atoms. The minimum atomic E-state index is 0.240. The SMILES string of the molecule is Cc1ccc(Oc2cc(C#N)c(C#N)cc2Cl)cc1. The van der Waals surface area contributed by atoms with Gasteiger partial charge in [0.15, 0.2) is 0 Å². The van der Waals surface area contributed by atoms with Crippen molar-refractivity contribution >= 4 is 11.6 Å². The second-order valence-electron chi connectivity index (χ2n) is 3.97. The number of hydrogen-bond acceptors (Lipinski definition) is 3. The number of ether oxygens (including phenoxy) is 1. The van der Waals surface area contributed by atoms with Crippen LogP contribution in [0.5, 0.6) is 11.5 Å². The minimum Gasteiger partial charge on any atom is -0.456 e. The van der Waals surface area contributed by atoms with Crippen LogP contribution in [0, 0.1) is 29.6 Å². The van der Waals surface area contributed by atoms with Gasteiger partial charge in [0.1, 0.15) is 23.6 Å². The number of halogens is 1. The van der Waals surface area contributed by atoms with Crippen LogP contribution in [0.1, 0.15) is 16.7 Å². The van der Waals surface area contributed by atoms with Crippen molar-refractivity contribution in [1.82, 2.24) is 0 Å². The van der Waals surface area contributed by atoms with Crippen LogP contribution in [-0.4, -0.2) is 0 Å². The number of benzene rings is 2. The first-order chi connectivity index (χ1) is 9.13. The summed E-state index contributed by atoms with van der Waals surface area (Å²) in [5.74, 6) is 0.988. The van der Waals surface area contributed by atoms with Gasteiger partial charge in [-0.3, -0.25) is 0 Å². The Balaban J connectivity index is 2.39. The third kappa shape index (κ3) is 2.85.